The van der Waals surface area contributed by atoms with Gasteiger partial charge < -0.3 is 14.6 Å². The van der Waals surface area contributed by atoms with Crippen molar-refractivity contribution in [2.45, 2.75) is 52.9 Å². The second-order valence-electron chi connectivity index (χ2n) is 3.54. The van der Waals surface area contributed by atoms with Gasteiger partial charge in [-0.1, -0.05) is 0 Å². The summed E-state index contributed by atoms with van der Waals surface area (Å²) in [6.45, 7) is 10.3. The van der Waals surface area contributed by atoms with E-state index in [0.717, 1.165) is 0 Å². The van der Waals surface area contributed by atoms with E-state index in [1.165, 1.54) is 0 Å². The number of ether oxygens (including phenoxy) is 2. The highest BCUT2D eigenvalue weighted by Crippen LogP contribution is 1.93. The van der Waals surface area contributed by atoms with Crippen LogP contribution in [-0.4, -0.2) is 37.1 Å². The molecule has 0 saturated heterocycles. The van der Waals surface area contributed by atoms with E-state index in [9.17, 15) is 0 Å². The van der Waals surface area contributed by atoms with E-state index in [1.807, 2.05) is 27.7 Å². The molecule has 0 aliphatic heterocycles. The first-order valence-electron chi connectivity index (χ1n) is 4.72. The Morgan fingerprint density at radius 3 is 1.38 bits per heavy atom. The quantitative estimate of drug-likeness (QED) is 0.738. The summed E-state index contributed by atoms with van der Waals surface area (Å²) < 4.78 is 9.80. The van der Waals surface area contributed by atoms with Gasteiger partial charge in [0.25, 0.3) is 0 Å². The maximum absolute atomic E-state index is 8.43. The molecule has 0 radical (unpaired) electrons. The Kier molecular flexibility index (Phi) is 11.8. The lowest BCUT2D eigenvalue weighted by molar-refractivity contribution is 0.0300. The zero-order valence-corrected chi connectivity index (χ0v) is 9.70. The SMILES string of the molecule is CC(C)OC(C)C.COCC(C)O. The molecule has 0 saturated carbocycles. The number of rotatable bonds is 4. The lowest BCUT2D eigenvalue weighted by atomic mass is 10.4. The van der Waals surface area contributed by atoms with E-state index in [-0.39, 0.29) is 6.10 Å². The van der Waals surface area contributed by atoms with Crippen molar-refractivity contribution >= 4 is 0 Å². The molecule has 0 aromatic heterocycles. The van der Waals surface area contributed by atoms with Crippen molar-refractivity contribution in [1.82, 2.24) is 0 Å². The Balaban J connectivity index is 0. The zero-order valence-electron chi connectivity index (χ0n) is 9.70. The molecule has 0 aromatic rings. The first-order chi connectivity index (χ1) is 5.90. The first-order valence-corrected chi connectivity index (χ1v) is 4.72. The standard InChI is InChI=1S/C6H14O.C4H10O2/c1-5(2)7-6(3)4;1-4(5)3-6-2/h5-6H,1-4H3;4-5H,3H2,1-2H3. The Morgan fingerprint density at radius 2 is 1.38 bits per heavy atom. The smallest absolute Gasteiger partial charge is 0.0745 e. The van der Waals surface area contributed by atoms with Gasteiger partial charge >= 0.3 is 0 Å². The average molecular weight is 192 g/mol. The molecule has 0 aliphatic rings. The second-order valence-corrected chi connectivity index (χ2v) is 3.54. The van der Waals surface area contributed by atoms with Gasteiger partial charge in [0, 0.05) is 7.11 Å². The predicted octanol–water partition coefficient (Wildman–Crippen LogP) is 1.83. The lowest BCUT2D eigenvalue weighted by Gasteiger charge is -2.09. The minimum Gasteiger partial charge on any atom is -0.391 e. The van der Waals surface area contributed by atoms with Crippen molar-refractivity contribution in [1.29, 1.82) is 0 Å². The van der Waals surface area contributed by atoms with Crippen LogP contribution in [-0.2, 0) is 9.47 Å². The van der Waals surface area contributed by atoms with Gasteiger partial charge in [0.15, 0.2) is 0 Å². The van der Waals surface area contributed by atoms with Crippen LogP contribution in [0.3, 0.4) is 0 Å². The summed E-state index contributed by atoms with van der Waals surface area (Å²) in [5.74, 6) is 0. The minimum absolute atomic E-state index is 0.324. The van der Waals surface area contributed by atoms with Crippen LogP contribution in [0.4, 0.5) is 0 Å². The molecule has 1 unspecified atom stereocenters. The third-order valence-corrected chi connectivity index (χ3v) is 0.952. The Labute approximate surface area is 82.1 Å². The van der Waals surface area contributed by atoms with Crippen LogP contribution in [0.5, 0.6) is 0 Å². The molecule has 0 aliphatic carbocycles. The number of methoxy groups -OCH3 is 1. The van der Waals surface area contributed by atoms with E-state index in [4.69, 9.17) is 9.84 Å². The number of aliphatic hydroxyl groups is 1. The molecule has 13 heavy (non-hydrogen) atoms. The van der Waals surface area contributed by atoms with Gasteiger partial charge in [-0.3, -0.25) is 0 Å². The summed E-state index contributed by atoms with van der Waals surface area (Å²) in [5, 5.41) is 8.43. The molecule has 1 N–H and O–H groups in total. The number of aliphatic hydroxyl groups excluding tert-OH is 1. The fourth-order valence-electron chi connectivity index (χ4n) is 0.786. The highest BCUT2D eigenvalue weighted by Gasteiger charge is 1.94. The van der Waals surface area contributed by atoms with E-state index in [1.54, 1.807) is 14.0 Å². The Hall–Kier alpha value is -0.120. The molecule has 0 fully saturated rings. The fourth-order valence-corrected chi connectivity index (χ4v) is 0.786. The minimum atomic E-state index is -0.324. The van der Waals surface area contributed by atoms with Crippen molar-refractivity contribution in [2.75, 3.05) is 13.7 Å². The molecule has 0 spiro atoms. The van der Waals surface area contributed by atoms with Crippen LogP contribution in [0, 0.1) is 0 Å². The normalized spacial score (nSPS) is 12.7. The van der Waals surface area contributed by atoms with E-state index in [2.05, 4.69) is 4.74 Å². The summed E-state index contributed by atoms with van der Waals surface area (Å²) in [4.78, 5) is 0. The fraction of sp³-hybridized carbons (Fsp3) is 1.00. The van der Waals surface area contributed by atoms with E-state index in [0.29, 0.717) is 18.8 Å². The first kappa shape index (κ1) is 15.4. The van der Waals surface area contributed by atoms with Gasteiger partial charge in [-0.2, -0.15) is 0 Å². The van der Waals surface area contributed by atoms with Gasteiger partial charge in [-0.15, -0.1) is 0 Å². The molecule has 0 aromatic carbocycles. The highest BCUT2D eigenvalue weighted by molar-refractivity contribution is 4.40. The van der Waals surface area contributed by atoms with Crippen LogP contribution in [0.1, 0.15) is 34.6 Å². The molecule has 0 bridgehead atoms. The summed E-state index contributed by atoms with van der Waals surface area (Å²) in [6, 6.07) is 0. The maximum atomic E-state index is 8.43. The highest BCUT2D eigenvalue weighted by atomic mass is 16.5. The maximum Gasteiger partial charge on any atom is 0.0745 e. The summed E-state index contributed by atoms with van der Waals surface area (Å²) in [5.41, 5.74) is 0. The molecule has 82 valence electrons. The molecule has 0 heterocycles. The van der Waals surface area contributed by atoms with Gasteiger partial charge in [0.05, 0.1) is 24.9 Å². The van der Waals surface area contributed by atoms with Gasteiger partial charge in [0.1, 0.15) is 0 Å². The summed E-state index contributed by atoms with van der Waals surface area (Å²) >= 11 is 0. The summed E-state index contributed by atoms with van der Waals surface area (Å²) in [7, 11) is 1.56. The Bertz CT molecular complexity index is 84.2. The number of hydrogen-bond donors (Lipinski definition) is 1. The molecule has 0 amide bonds. The molecule has 1 atom stereocenters. The van der Waals surface area contributed by atoms with Crippen molar-refractivity contribution in [2.24, 2.45) is 0 Å². The molecular weight excluding hydrogens is 168 g/mol. The van der Waals surface area contributed by atoms with Crippen LogP contribution < -0.4 is 0 Å². The van der Waals surface area contributed by atoms with E-state index >= 15 is 0 Å². The molecule has 0 rings (SSSR count). The van der Waals surface area contributed by atoms with Gasteiger partial charge in [-0.25, -0.2) is 0 Å². The van der Waals surface area contributed by atoms with Crippen molar-refractivity contribution in [3.8, 4) is 0 Å². The largest absolute Gasteiger partial charge is 0.391 e. The van der Waals surface area contributed by atoms with Crippen LogP contribution in [0.2, 0.25) is 0 Å². The lowest BCUT2D eigenvalue weighted by Crippen LogP contribution is -2.09. The van der Waals surface area contributed by atoms with Crippen LogP contribution in [0.15, 0.2) is 0 Å². The van der Waals surface area contributed by atoms with Gasteiger partial charge in [-0.05, 0) is 34.6 Å². The van der Waals surface area contributed by atoms with Crippen molar-refractivity contribution in [3.63, 3.8) is 0 Å². The average Bonchev–Trinajstić information content (AvgIpc) is 1.83. The van der Waals surface area contributed by atoms with Gasteiger partial charge in [0.2, 0.25) is 0 Å². The Morgan fingerprint density at radius 1 is 1.00 bits per heavy atom. The van der Waals surface area contributed by atoms with Crippen molar-refractivity contribution in [3.05, 3.63) is 0 Å². The van der Waals surface area contributed by atoms with Crippen molar-refractivity contribution < 1.29 is 14.6 Å². The monoisotopic (exact) mass is 192 g/mol. The summed E-state index contributed by atoms with van der Waals surface area (Å²) in [6.07, 6.45) is 0.426. The van der Waals surface area contributed by atoms with E-state index < -0.39 is 0 Å². The topological polar surface area (TPSA) is 38.7 Å². The number of hydrogen-bond acceptors (Lipinski definition) is 3. The zero-order chi connectivity index (χ0) is 10.9. The molecular formula is C10H24O3. The van der Waals surface area contributed by atoms with Crippen LogP contribution in [0.25, 0.3) is 0 Å². The third-order valence-electron chi connectivity index (χ3n) is 0.952. The molecule has 3 nitrogen and oxygen atoms in total. The van der Waals surface area contributed by atoms with Crippen LogP contribution >= 0.6 is 0 Å². The predicted molar refractivity (Wildman–Crippen MR) is 54.9 cm³/mol. The second kappa shape index (κ2) is 9.96. The third kappa shape index (κ3) is 24.5. The molecule has 3 heteroatoms.